The Kier molecular flexibility index (Phi) is 6.57. The third-order valence-corrected chi connectivity index (χ3v) is 2.05. The summed E-state index contributed by atoms with van der Waals surface area (Å²) >= 11 is 0. The Hall–Kier alpha value is -1.89. The number of carbonyl (C=O) groups excluding carboxylic acids is 2. The van der Waals surface area contributed by atoms with Crippen LogP contribution < -0.4 is 10.6 Å². The van der Waals surface area contributed by atoms with Crippen molar-refractivity contribution in [2.45, 2.75) is 13.0 Å². The molecule has 0 aromatic heterocycles. The average Bonchev–Trinajstić information content (AvgIpc) is 2.22. The van der Waals surface area contributed by atoms with Crippen LogP contribution in [0.5, 0.6) is 0 Å². The van der Waals surface area contributed by atoms with Gasteiger partial charge in [0.2, 0.25) is 0 Å². The molecule has 96 valence electrons. The zero-order chi connectivity index (χ0) is 13.4. The van der Waals surface area contributed by atoms with Crippen molar-refractivity contribution in [3.63, 3.8) is 0 Å². The van der Waals surface area contributed by atoms with E-state index in [1.807, 2.05) is 31.2 Å². The molecule has 0 rings (SSSR count). The summed E-state index contributed by atoms with van der Waals surface area (Å²) in [5.41, 5.74) is 0. The molecule has 0 saturated heterocycles. The highest BCUT2D eigenvalue weighted by atomic mass is 16.4. The van der Waals surface area contributed by atoms with E-state index in [2.05, 4.69) is 5.32 Å². The van der Waals surface area contributed by atoms with Gasteiger partial charge in [0.15, 0.2) is 0 Å². The molecule has 3 N–H and O–H groups in total. The number of imide groups is 1. The van der Waals surface area contributed by atoms with E-state index in [0.717, 1.165) is 6.08 Å². The first-order valence-corrected chi connectivity index (χ1v) is 4.99. The second kappa shape index (κ2) is 7.39. The molecule has 0 aromatic rings. The standard InChI is InChI=1S/C10H17N3O4/c1-7(13(2)3)6-11-10(17)12-8(14)4-5-9(15)16/h4-5,7H,6H2,1-3H3,(H,15,16)(H2,11,12,14,17). The van der Waals surface area contributed by atoms with E-state index in [-0.39, 0.29) is 6.04 Å². The van der Waals surface area contributed by atoms with Gasteiger partial charge in [-0.2, -0.15) is 0 Å². The number of rotatable bonds is 5. The molecule has 1 unspecified atom stereocenters. The number of hydrogen-bond donors (Lipinski definition) is 3. The summed E-state index contributed by atoms with van der Waals surface area (Å²) in [4.78, 5) is 34.2. The van der Waals surface area contributed by atoms with Crippen LogP contribution in [0.1, 0.15) is 6.92 Å². The number of likely N-dealkylation sites (N-methyl/N-ethyl adjacent to an activating group) is 1. The minimum atomic E-state index is -1.25. The lowest BCUT2D eigenvalue weighted by Gasteiger charge is -2.19. The van der Waals surface area contributed by atoms with Crippen molar-refractivity contribution in [1.82, 2.24) is 15.5 Å². The molecule has 7 nitrogen and oxygen atoms in total. The first-order valence-electron chi connectivity index (χ1n) is 4.99. The van der Waals surface area contributed by atoms with Gasteiger partial charge in [-0.1, -0.05) is 0 Å². The number of amides is 3. The van der Waals surface area contributed by atoms with Gasteiger partial charge >= 0.3 is 12.0 Å². The molecule has 0 heterocycles. The van der Waals surface area contributed by atoms with Gasteiger partial charge in [-0.3, -0.25) is 10.1 Å². The minimum Gasteiger partial charge on any atom is -0.478 e. The molecular weight excluding hydrogens is 226 g/mol. The molecule has 0 aliphatic rings. The van der Waals surface area contributed by atoms with Gasteiger partial charge in [0.05, 0.1) is 0 Å². The smallest absolute Gasteiger partial charge is 0.328 e. The molecule has 0 saturated carbocycles. The Balaban J connectivity index is 3.94. The van der Waals surface area contributed by atoms with Gasteiger partial charge in [-0.05, 0) is 21.0 Å². The number of nitrogens with zero attached hydrogens (tertiary/aromatic N) is 1. The number of carbonyl (C=O) groups is 3. The highest BCUT2D eigenvalue weighted by Crippen LogP contribution is 1.87. The molecule has 0 spiro atoms. The zero-order valence-corrected chi connectivity index (χ0v) is 10.1. The topological polar surface area (TPSA) is 98.7 Å². The van der Waals surface area contributed by atoms with Gasteiger partial charge in [0, 0.05) is 24.7 Å². The number of carboxylic acid groups (broad SMARTS) is 1. The van der Waals surface area contributed by atoms with Crippen LogP contribution in [0.3, 0.4) is 0 Å². The lowest BCUT2D eigenvalue weighted by Crippen LogP contribution is -2.44. The molecular formula is C10H17N3O4. The predicted octanol–water partition coefficient (Wildman–Crippen LogP) is -0.597. The molecule has 7 heteroatoms. The summed E-state index contributed by atoms with van der Waals surface area (Å²) in [5.74, 6) is -2.02. The van der Waals surface area contributed by atoms with Crippen LogP contribution in [0.25, 0.3) is 0 Å². The summed E-state index contributed by atoms with van der Waals surface area (Å²) in [6.45, 7) is 2.29. The van der Waals surface area contributed by atoms with E-state index in [1.165, 1.54) is 0 Å². The second-order valence-corrected chi connectivity index (χ2v) is 3.68. The summed E-state index contributed by atoms with van der Waals surface area (Å²) in [7, 11) is 3.73. The van der Waals surface area contributed by atoms with Crippen LogP contribution in [-0.2, 0) is 9.59 Å². The summed E-state index contributed by atoms with van der Waals surface area (Å²) < 4.78 is 0. The fourth-order valence-electron chi connectivity index (χ4n) is 0.768. The summed E-state index contributed by atoms with van der Waals surface area (Å²) in [5, 5.41) is 12.7. The SMILES string of the molecule is CC(CNC(=O)NC(=O)C=CC(=O)O)N(C)C. The third-order valence-electron chi connectivity index (χ3n) is 2.05. The van der Waals surface area contributed by atoms with Crippen molar-refractivity contribution in [1.29, 1.82) is 0 Å². The van der Waals surface area contributed by atoms with Crippen LogP contribution >= 0.6 is 0 Å². The van der Waals surface area contributed by atoms with Crippen molar-refractivity contribution in [3.8, 4) is 0 Å². The zero-order valence-electron chi connectivity index (χ0n) is 10.1. The Morgan fingerprint density at radius 1 is 1.29 bits per heavy atom. The largest absolute Gasteiger partial charge is 0.478 e. The number of carboxylic acids is 1. The fourth-order valence-corrected chi connectivity index (χ4v) is 0.768. The molecule has 0 aromatic carbocycles. The van der Waals surface area contributed by atoms with Crippen molar-refractivity contribution in [3.05, 3.63) is 12.2 Å². The maximum absolute atomic E-state index is 11.2. The maximum Gasteiger partial charge on any atom is 0.328 e. The fraction of sp³-hybridized carbons (Fsp3) is 0.500. The monoisotopic (exact) mass is 243 g/mol. The van der Waals surface area contributed by atoms with Crippen molar-refractivity contribution >= 4 is 17.9 Å². The van der Waals surface area contributed by atoms with Crippen molar-refractivity contribution < 1.29 is 19.5 Å². The van der Waals surface area contributed by atoms with Gasteiger partial charge in [-0.15, -0.1) is 0 Å². The van der Waals surface area contributed by atoms with Crippen LogP contribution in [0, 0.1) is 0 Å². The quantitative estimate of drug-likeness (QED) is 0.560. The predicted molar refractivity (Wildman–Crippen MR) is 61.5 cm³/mol. The number of urea groups is 1. The normalized spacial score (nSPS) is 12.5. The average molecular weight is 243 g/mol. The minimum absolute atomic E-state index is 0.130. The van der Waals surface area contributed by atoms with E-state index < -0.39 is 17.9 Å². The highest BCUT2D eigenvalue weighted by molar-refractivity contribution is 6.02. The molecule has 0 aliphatic carbocycles. The van der Waals surface area contributed by atoms with Crippen LogP contribution in [0.2, 0.25) is 0 Å². The van der Waals surface area contributed by atoms with Crippen LogP contribution in [0.15, 0.2) is 12.2 Å². The molecule has 17 heavy (non-hydrogen) atoms. The van der Waals surface area contributed by atoms with E-state index in [4.69, 9.17) is 5.11 Å². The number of hydrogen-bond acceptors (Lipinski definition) is 4. The van der Waals surface area contributed by atoms with Crippen molar-refractivity contribution in [2.75, 3.05) is 20.6 Å². The Bertz CT molecular complexity index is 326. The molecule has 3 amide bonds. The lowest BCUT2D eigenvalue weighted by atomic mass is 10.3. The third kappa shape index (κ3) is 7.97. The first kappa shape index (κ1) is 15.1. The Labute approximate surface area is 99.5 Å². The number of nitrogens with one attached hydrogen (secondary N) is 2. The van der Waals surface area contributed by atoms with Crippen LogP contribution in [0.4, 0.5) is 4.79 Å². The van der Waals surface area contributed by atoms with E-state index >= 15 is 0 Å². The van der Waals surface area contributed by atoms with Gasteiger partial charge in [0.25, 0.3) is 5.91 Å². The second-order valence-electron chi connectivity index (χ2n) is 3.68. The maximum atomic E-state index is 11.2. The van der Waals surface area contributed by atoms with Crippen LogP contribution in [-0.4, -0.2) is 54.6 Å². The van der Waals surface area contributed by atoms with Gasteiger partial charge in [-0.25, -0.2) is 9.59 Å². The summed E-state index contributed by atoms with van der Waals surface area (Å²) in [6, 6.07) is -0.524. The molecule has 0 aliphatic heterocycles. The van der Waals surface area contributed by atoms with E-state index in [1.54, 1.807) is 0 Å². The van der Waals surface area contributed by atoms with Gasteiger partial charge < -0.3 is 15.3 Å². The highest BCUT2D eigenvalue weighted by Gasteiger charge is 2.08. The lowest BCUT2D eigenvalue weighted by molar-refractivity contribution is -0.131. The Morgan fingerprint density at radius 2 is 1.88 bits per heavy atom. The molecule has 0 fully saturated rings. The summed E-state index contributed by atoms with van der Waals surface area (Å²) in [6.07, 6.45) is 1.43. The van der Waals surface area contributed by atoms with E-state index in [0.29, 0.717) is 12.6 Å². The molecule has 0 bridgehead atoms. The number of aliphatic carboxylic acids is 1. The Morgan fingerprint density at radius 3 is 2.35 bits per heavy atom. The molecule has 1 atom stereocenters. The molecule has 0 radical (unpaired) electrons. The van der Waals surface area contributed by atoms with Crippen molar-refractivity contribution in [2.24, 2.45) is 0 Å². The van der Waals surface area contributed by atoms with Gasteiger partial charge in [0.1, 0.15) is 0 Å². The first-order chi connectivity index (χ1) is 7.82. The van der Waals surface area contributed by atoms with E-state index in [9.17, 15) is 14.4 Å².